The molecule has 2 aromatic heterocycles. The number of benzene rings is 2. The van der Waals surface area contributed by atoms with Crippen LogP contribution in [0.25, 0.3) is 16.7 Å². The summed E-state index contributed by atoms with van der Waals surface area (Å²) < 4.78 is 2.92. The molecule has 7 heteroatoms. The van der Waals surface area contributed by atoms with E-state index in [1.165, 1.54) is 28.2 Å². The number of rotatable bonds is 6. The van der Waals surface area contributed by atoms with E-state index in [4.69, 9.17) is 0 Å². The lowest BCUT2D eigenvalue weighted by atomic mass is 10.1. The first kappa shape index (κ1) is 18.6. The molecule has 146 valence electrons. The van der Waals surface area contributed by atoms with Crippen LogP contribution in [0.3, 0.4) is 0 Å². The van der Waals surface area contributed by atoms with Crippen LogP contribution in [0.4, 0.5) is 0 Å². The molecule has 0 fully saturated rings. The van der Waals surface area contributed by atoms with Crippen molar-refractivity contribution in [2.24, 2.45) is 0 Å². The fourth-order valence-corrected chi connectivity index (χ4v) is 3.26. The van der Waals surface area contributed by atoms with Gasteiger partial charge in [-0.3, -0.25) is 14.2 Å². The van der Waals surface area contributed by atoms with Gasteiger partial charge >= 0.3 is 0 Å². The predicted octanol–water partition coefficient (Wildman–Crippen LogP) is 2.25. The Kier molecular flexibility index (Phi) is 5.20. The van der Waals surface area contributed by atoms with E-state index in [0.29, 0.717) is 17.6 Å². The number of para-hydroxylation sites is 1. The number of aromatic nitrogens is 4. The summed E-state index contributed by atoms with van der Waals surface area (Å²) in [6, 6.07) is 17.6. The topological polar surface area (TPSA) is 81.8 Å². The van der Waals surface area contributed by atoms with Crippen LogP contribution in [-0.2, 0) is 17.8 Å². The fraction of sp³-hybridized carbons (Fsp3) is 0.182. The number of hydrogen-bond acceptors (Lipinski definition) is 4. The van der Waals surface area contributed by atoms with Gasteiger partial charge in [-0.2, -0.15) is 5.10 Å². The third-order valence-corrected chi connectivity index (χ3v) is 4.85. The number of nitrogens with zero attached hydrogens (tertiary/aromatic N) is 4. The van der Waals surface area contributed by atoms with Crippen molar-refractivity contribution in [1.29, 1.82) is 0 Å². The van der Waals surface area contributed by atoms with Crippen molar-refractivity contribution in [3.8, 4) is 5.69 Å². The summed E-state index contributed by atoms with van der Waals surface area (Å²) in [5.74, 6) is -0.225. The van der Waals surface area contributed by atoms with Gasteiger partial charge in [0.05, 0.1) is 11.9 Å². The molecule has 2 aromatic carbocycles. The second-order valence-electron chi connectivity index (χ2n) is 6.83. The zero-order chi connectivity index (χ0) is 20.2. The molecule has 1 amide bonds. The number of aryl methyl sites for hydroxylation is 1. The van der Waals surface area contributed by atoms with Gasteiger partial charge in [0.15, 0.2) is 5.65 Å². The lowest BCUT2D eigenvalue weighted by Gasteiger charge is -2.09. The van der Waals surface area contributed by atoms with Gasteiger partial charge in [0.2, 0.25) is 5.91 Å². The number of fused-ring (bicyclic) bond motifs is 1. The quantitative estimate of drug-likeness (QED) is 0.550. The minimum atomic E-state index is -0.286. The monoisotopic (exact) mass is 387 g/mol. The Morgan fingerprint density at radius 3 is 2.62 bits per heavy atom. The maximum absolute atomic E-state index is 12.7. The summed E-state index contributed by atoms with van der Waals surface area (Å²) in [4.78, 5) is 29.4. The van der Waals surface area contributed by atoms with Crippen molar-refractivity contribution >= 4 is 16.9 Å². The molecular formula is C22H21N5O2. The first-order chi connectivity index (χ1) is 14.1. The summed E-state index contributed by atoms with van der Waals surface area (Å²) in [6.07, 6.45) is 3.63. The zero-order valence-corrected chi connectivity index (χ0v) is 16.1. The molecule has 0 spiro atoms. The molecule has 7 nitrogen and oxygen atoms in total. The highest BCUT2D eigenvalue weighted by atomic mass is 16.2. The summed E-state index contributed by atoms with van der Waals surface area (Å²) in [5.41, 5.74) is 3.40. The molecule has 0 aliphatic carbocycles. The lowest BCUT2D eigenvalue weighted by molar-refractivity contribution is -0.121. The van der Waals surface area contributed by atoms with Crippen molar-refractivity contribution in [3.63, 3.8) is 0 Å². The predicted molar refractivity (Wildman–Crippen MR) is 111 cm³/mol. The Bertz CT molecular complexity index is 1210. The van der Waals surface area contributed by atoms with Crippen molar-refractivity contribution in [2.75, 3.05) is 6.54 Å². The van der Waals surface area contributed by atoms with E-state index in [2.05, 4.69) is 15.4 Å². The van der Waals surface area contributed by atoms with Crippen molar-refractivity contribution in [3.05, 3.63) is 88.6 Å². The molecule has 0 aliphatic rings. The lowest BCUT2D eigenvalue weighted by Crippen LogP contribution is -2.33. The van der Waals surface area contributed by atoms with Crippen LogP contribution in [0, 0.1) is 6.92 Å². The van der Waals surface area contributed by atoms with Gasteiger partial charge in [0, 0.05) is 6.54 Å². The Labute approximate surface area is 167 Å². The Morgan fingerprint density at radius 2 is 1.83 bits per heavy atom. The Morgan fingerprint density at radius 1 is 1.07 bits per heavy atom. The summed E-state index contributed by atoms with van der Waals surface area (Å²) in [5, 5.41) is 7.52. The van der Waals surface area contributed by atoms with E-state index in [1.807, 2.05) is 61.5 Å². The third kappa shape index (κ3) is 3.94. The van der Waals surface area contributed by atoms with Gasteiger partial charge in [0.25, 0.3) is 5.56 Å². The van der Waals surface area contributed by atoms with E-state index in [-0.39, 0.29) is 18.0 Å². The van der Waals surface area contributed by atoms with Gasteiger partial charge in [-0.25, -0.2) is 9.67 Å². The minimum absolute atomic E-state index is 0.0773. The summed E-state index contributed by atoms with van der Waals surface area (Å²) in [7, 11) is 0. The van der Waals surface area contributed by atoms with Crippen molar-refractivity contribution in [1.82, 2.24) is 24.6 Å². The first-order valence-electron chi connectivity index (χ1n) is 9.43. The molecule has 29 heavy (non-hydrogen) atoms. The average molecular weight is 387 g/mol. The number of carbonyl (C=O) groups is 1. The molecule has 0 radical (unpaired) electrons. The maximum atomic E-state index is 12.7. The molecule has 0 bridgehead atoms. The van der Waals surface area contributed by atoms with Crippen LogP contribution in [0.15, 0.2) is 71.9 Å². The number of amides is 1. The molecule has 4 aromatic rings. The van der Waals surface area contributed by atoms with E-state index < -0.39 is 0 Å². The largest absolute Gasteiger partial charge is 0.354 e. The Balaban J connectivity index is 1.46. The molecule has 2 heterocycles. The molecule has 0 saturated carbocycles. The smallest absolute Gasteiger partial charge is 0.264 e. The number of carbonyl (C=O) groups excluding carboxylic acids is 1. The van der Waals surface area contributed by atoms with Crippen molar-refractivity contribution in [2.45, 2.75) is 19.9 Å². The van der Waals surface area contributed by atoms with Crippen LogP contribution < -0.4 is 10.9 Å². The highest BCUT2D eigenvalue weighted by molar-refractivity contribution is 5.77. The highest BCUT2D eigenvalue weighted by Gasteiger charge is 2.13. The van der Waals surface area contributed by atoms with Gasteiger partial charge < -0.3 is 5.32 Å². The maximum Gasteiger partial charge on any atom is 0.264 e. The second kappa shape index (κ2) is 8.10. The van der Waals surface area contributed by atoms with Crippen LogP contribution in [0.1, 0.15) is 11.1 Å². The van der Waals surface area contributed by atoms with Crippen LogP contribution >= 0.6 is 0 Å². The normalized spacial score (nSPS) is 10.9. The highest BCUT2D eigenvalue weighted by Crippen LogP contribution is 2.13. The van der Waals surface area contributed by atoms with Crippen molar-refractivity contribution < 1.29 is 4.79 Å². The third-order valence-electron chi connectivity index (χ3n) is 4.85. The molecule has 4 rings (SSSR count). The zero-order valence-electron chi connectivity index (χ0n) is 16.1. The summed E-state index contributed by atoms with van der Waals surface area (Å²) in [6.45, 7) is 2.49. The van der Waals surface area contributed by atoms with E-state index in [9.17, 15) is 9.59 Å². The molecule has 1 N–H and O–H groups in total. The SMILES string of the molecule is Cc1ccccc1CCNC(=O)Cn1cnc2c(cnn2-c2ccccc2)c1=O. The van der Waals surface area contributed by atoms with E-state index >= 15 is 0 Å². The van der Waals surface area contributed by atoms with E-state index in [0.717, 1.165) is 12.1 Å². The molecule has 0 aliphatic heterocycles. The van der Waals surface area contributed by atoms with Gasteiger partial charge in [-0.1, -0.05) is 42.5 Å². The van der Waals surface area contributed by atoms with Crippen LogP contribution in [0.5, 0.6) is 0 Å². The van der Waals surface area contributed by atoms with Crippen LogP contribution in [0.2, 0.25) is 0 Å². The number of hydrogen-bond donors (Lipinski definition) is 1. The fourth-order valence-electron chi connectivity index (χ4n) is 3.26. The van der Waals surface area contributed by atoms with E-state index in [1.54, 1.807) is 4.68 Å². The second-order valence-corrected chi connectivity index (χ2v) is 6.83. The standard InChI is InChI=1S/C22H21N5O2/c1-16-7-5-6-8-17(16)11-12-23-20(28)14-26-15-24-21-19(22(26)29)13-25-27(21)18-9-3-2-4-10-18/h2-10,13,15H,11-12,14H2,1H3,(H,23,28). The minimum Gasteiger partial charge on any atom is -0.354 e. The average Bonchev–Trinajstić information content (AvgIpc) is 3.17. The molecular weight excluding hydrogens is 366 g/mol. The summed E-state index contributed by atoms with van der Waals surface area (Å²) >= 11 is 0. The van der Waals surface area contributed by atoms with Gasteiger partial charge in [-0.15, -0.1) is 0 Å². The molecule has 0 saturated heterocycles. The van der Waals surface area contributed by atoms with Gasteiger partial charge in [0.1, 0.15) is 18.3 Å². The number of nitrogens with one attached hydrogen (secondary N) is 1. The van der Waals surface area contributed by atoms with Crippen LogP contribution in [-0.4, -0.2) is 31.8 Å². The van der Waals surface area contributed by atoms with Gasteiger partial charge in [-0.05, 0) is 36.6 Å². The molecule has 0 atom stereocenters. The molecule has 0 unspecified atom stereocenters. The first-order valence-corrected chi connectivity index (χ1v) is 9.43. The Hall–Kier alpha value is -3.74.